The molecule has 7 heteroatoms. The molecule has 0 aliphatic carbocycles. The van der Waals surface area contributed by atoms with Crippen LogP contribution < -0.4 is 10.8 Å². The third-order valence-electron chi connectivity index (χ3n) is 2.96. The third-order valence-corrected chi connectivity index (χ3v) is 2.96. The van der Waals surface area contributed by atoms with E-state index in [9.17, 15) is 4.79 Å². The summed E-state index contributed by atoms with van der Waals surface area (Å²) in [6.45, 7) is 7.52. The Bertz CT molecular complexity index is 686. The standard InChI is InChI=1S/C18H24N4O3/c1-13(20-17(23)25-18(2,3)4)12-24-22-15-10-11-19-16(21-15)14-8-6-5-7-9-14/h5-11,13H,12H2,1-4H3,(H,20,23)(H,19,21,22). The van der Waals surface area contributed by atoms with Crippen LogP contribution in [0.25, 0.3) is 11.4 Å². The van der Waals surface area contributed by atoms with Crippen molar-refractivity contribution >= 4 is 11.9 Å². The highest BCUT2D eigenvalue weighted by atomic mass is 16.6. The van der Waals surface area contributed by atoms with Gasteiger partial charge in [-0.2, -0.15) is 0 Å². The lowest BCUT2D eigenvalue weighted by Gasteiger charge is -2.21. The molecule has 0 radical (unpaired) electrons. The van der Waals surface area contributed by atoms with Gasteiger partial charge in [0.2, 0.25) is 0 Å². The fourth-order valence-corrected chi connectivity index (χ4v) is 1.93. The van der Waals surface area contributed by atoms with Crippen LogP contribution in [0.5, 0.6) is 0 Å². The predicted octanol–water partition coefficient (Wildman–Crippen LogP) is 3.40. The summed E-state index contributed by atoms with van der Waals surface area (Å²) in [6.07, 6.45) is 1.18. The lowest BCUT2D eigenvalue weighted by Crippen LogP contribution is -2.40. The molecular weight excluding hydrogens is 320 g/mol. The molecule has 1 amide bonds. The zero-order valence-corrected chi connectivity index (χ0v) is 14.9. The molecule has 1 heterocycles. The van der Waals surface area contributed by atoms with E-state index in [0.29, 0.717) is 11.6 Å². The van der Waals surface area contributed by atoms with Gasteiger partial charge in [0.25, 0.3) is 0 Å². The minimum absolute atomic E-state index is 0.224. The van der Waals surface area contributed by atoms with Crippen LogP contribution in [0, 0.1) is 0 Å². The van der Waals surface area contributed by atoms with Crippen LogP contribution in [0.1, 0.15) is 27.7 Å². The molecule has 1 atom stereocenters. The maximum absolute atomic E-state index is 11.7. The predicted molar refractivity (Wildman–Crippen MR) is 95.9 cm³/mol. The van der Waals surface area contributed by atoms with Gasteiger partial charge < -0.3 is 10.1 Å². The van der Waals surface area contributed by atoms with Crippen molar-refractivity contribution in [2.24, 2.45) is 0 Å². The topological polar surface area (TPSA) is 85.4 Å². The normalized spacial score (nSPS) is 12.3. The van der Waals surface area contributed by atoms with Crippen molar-refractivity contribution in [2.45, 2.75) is 39.3 Å². The van der Waals surface area contributed by atoms with Crippen LogP contribution in [0.15, 0.2) is 42.6 Å². The molecule has 0 saturated carbocycles. The van der Waals surface area contributed by atoms with E-state index in [1.54, 1.807) is 12.3 Å². The highest BCUT2D eigenvalue weighted by Crippen LogP contribution is 2.15. The number of ether oxygens (including phenoxy) is 1. The quantitative estimate of drug-likeness (QED) is 0.781. The molecule has 0 saturated heterocycles. The Balaban J connectivity index is 1.81. The number of carbonyl (C=O) groups excluding carboxylic acids is 1. The number of carbonyl (C=O) groups is 1. The number of nitrogens with one attached hydrogen (secondary N) is 2. The number of aromatic nitrogens is 2. The van der Waals surface area contributed by atoms with Crippen LogP contribution in [0.2, 0.25) is 0 Å². The first-order valence-corrected chi connectivity index (χ1v) is 8.09. The highest BCUT2D eigenvalue weighted by Gasteiger charge is 2.17. The van der Waals surface area contributed by atoms with E-state index in [0.717, 1.165) is 5.56 Å². The van der Waals surface area contributed by atoms with E-state index in [1.807, 2.05) is 58.0 Å². The molecule has 134 valence electrons. The third kappa shape index (κ3) is 6.76. The van der Waals surface area contributed by atoms with E-state index in [-0.39, 0.29) is 12.6 Å². The molecule has 2 aromatic rings. The van der Waals surface area contributed by atoms with Crippen LogP contribution in [-0.4, -0.2) is 34.3 Å². The number of hydrogen-bond donors (Lipinski definition) is 2. The molecule has 25 heavy (non-hydrogen) atoms. The molecule has 0 spiro atoms. The maximum atomic E-state index is 11.7. The van der Waals surface area contributed by atoms with E-state index in [1.165, 1.54) is 0 Å². The monoisotopic (exact) mass is 344 g/mol. The van der Waals surface area contributed by atoms with Gasteiger partial charge in [0.15, 0.2) is 11.6 Å². The molecule has 2 N–H and O–H groups in total. The van der Waals surface area contributed by atoms with Gasteiger partial charge in [0.1, 0.15) is 5.60 Å². The molecule has 1 aromatic heterocycles. The number of anilines is 1. The van der Waals surface area contributed by atoms with Crippen molar-refractivity contribution in [1.82, 2.24) is 15.3 Å². The average Bonchev–Trinajstić information content (AvgIpc) is 2.54. The number of alkyl carbamates (subject to hydrolysis) is 1. The molecule has 2 rings (SSSR count). The van der Waals surface area contributed by atoms with Crippen LogP contribution in [-0.2, 0) is 9.57 Å². The van der Waals surface area contributed by atoms with Gasteiger partial charge in [-0.15, -0.1) is 0 Å². The molecule has 0 aliphatic rings. The summed E-state index contributed by atoms with van der Waals surface area (Å²) in [5, 5.41) is 2.70. The zero-order valence-electron chi connectivity index (χ0n) is 14.9. The Morgan fingerprint density at radius 1 is 1.20 bits per heavy atom. The molecule has 0 aliphatic heterocycles. The summed E-state index contributed by atoms with van der Waals surface area (Å²) in [7, 11) is 0. The SMILES string of the molecule is CC(CONc1ccnc(-c2ccccc2)n1)NC(=O)OC(C)(C)C. The van der Waals surface area contributed by atoms with Crippen molar-refractivity contribution in [3.8, 4) is 11.4 Å². The summed E-state index contributed by atoms with van der Waals surface area (Å²) in [4.78, 5) is 25.7. The van der Waals surface area contributed by atoms with Crippen molar-refractivity contribution in [1.29, 1.82) is 0 Å². The Hall–Kier alpha value is -2.67. The Morgan fingerprint density at radius 2 is 1.92 bits per heavy atom. The summed E-state index contributed by atoms with van der Waals surface area (Å²) >= 11 is 0. The second-order valence-corrected chi connectivity index (χ2v) is 6.59. The molecule has 7 nitrogen and oxygen atoms in total. The largest absolute Gasteiger partial charge is 0.444 e. The maximum Gasteiger partial charge on any atom is 0.407 e. The lowest BCUT2D eigenvalue weighted by atomic mass is 10.2. The lowest BCUT2D eigenvalue weighted by molar-refractivity contribution is 0.0476. The summed E-state index contributed by atoms with van der Waals surface area (Å²) in [5.74, 6) is 1.15. The second-order valence-electron chi connectivity index (χ2n) is 6.59. The molecular formula is C18H24N4O3. The van der Waals surface area contributed by atoms with Crippen molar-refractivity contribution in [3.63, 3.8) is 0 Å². The van der Waals surface area contributed by atoms with E-state index >= 15 is 0 Å². The number of nitrogens with zero attached hydrogens (tertiary/aromatic N) is 2. The summed E-state index contributed by atoms with van der Waals surface area (Å²) in [6, 6.07) is 11.2. The average molecular weight is 344 g/mol. The number of benzene rings is 1. The molecule has 0 bridgehead atoms. The highest BCUT2D eigenvalue weighted by molar-refractivity contribution is 5.68. The van der Waals surface area contributed by atoms with E-state index < -0.39 is 11.7 Å². The number of hydrogen-bond acceptors (Lipinski definition) is 6. The van der Waals surface area contributed by atoms with Gasteiger partial charge in [-0.3, -0.25) is 4.84 Å². The van der Waals surface area contributed by atoms with Crippen molar-refractivity contribution < 1.29 is 14.4 Å². The van der Waals surface area contributed by atoms with Gasteiger partial charge in [0, 0.05) is 17.8 Å². The Kier molecular flexibility index (Phi) is 6.30. The first kappa shape index (κ1) is 18.7. The van der Waals surface area contributed by atoms with Crippen molar-refractivity contribution in [2.75, 3.05) is 12.1 Å². The van der Waals surface area contributed by atoms with Crippen LogP contribution >= 0.6 is 0 Å². The Morgan fingerprint density at radius 3 is 2.60 bits per heavy atom. The van der Waals surface area contributed by atoms with Crippen LogP contribution in [0.3, 0.4) is 0 Å². The van der Waals surface area contributed by atoms with Gasteiger partial charge in [-0.25, -0.2) is 20.2 Å². The van der Waals surface area contributed by atoms with Crippen LogP contribution in [0.4, 0.5) is 10.6 Å². The summed E-state index contributed by atoms with van der Waals surface area (Å²) in [5.41, 5.74) is 3.16. The van der Waals surface area contributed by atoms with Gasteiger partial charge in [-0.1, -0.05) is 30.3 Å². The minimum atomic E-state index is -0.530. The second kappa shape index (κ2) is 8.43. The van der Waals surface area contributed by atoms with E-state index in [4.69, 9.17) is 9.57 Å². The number of rotatable bonds is 6. The first-order chi connectivity index (χ1) is 11.8. The van der Waals surface area contributed by atoms with E-state index in [2.05, 4.69) is 20.8 Å². The van der Waals surface area contributed by atoms with Crippen molar-refractivity contribution in [3.05, 3.63) is 42.6 Å². The zero-order chi connectivity index (χ0) is 18.3. The fraction of sp³-hybridized carbons (Fsp3) is 0.389. The molecule has 0 fully saturated rings. The smallest absolute Gasteiger partial charge is 0.407 e. The molecule has 1 unspecified atom stereocenters. The van der Waals surface area contributed by atoms with Gasteiger partial charge in [0.05, 0.1) is 12.6 Å². The number of amides is 1. The molecule has 1 aromatic carbocycles. The first-order valence-electron chi connectivity index (χ1n) is 8.09. The Labute approximate surface area is 147 Å². The fourth-order valence-electron chi connectivity index (χ4n) is 1.93. The minimum Gasteiger partial charge on any atom is -0.444 e. The summed E-state index contributed by atoms with van der Waals surface area (Å²) < 4.78 is 5.19. The van der Waals surface area contributed by atoms with Gasteiger partial charge in [-0.05, 0) is 27.7 Å². The van der Waals surface area contributed by atoms with Gasteiger partial charge >= 0.3 is 6.09 Å².